The van der Waals surface area contributed by atoms with Crippen molar-refractivity contribution in [2.24, 2.45) is 0 Å². The van der Waals surface area contributed by atoms with Crippen molar-refractivity contribution in [3.05, 3.63) is 107 Å². The van der Waals surface area contributed by atoms with Gasteiger partial charge in [0.2, 0.25) is 5.91 Å². The van der Waals surface area contributed by atoms with Crippen LogP contribution in [0.25, 0.3) is 10.6 Å². The predicted octanol–water partition coefficient (Wildman–Crippen LogP) is 5.84. The van der Waals surface area contributed by atoms with Crippen molar-refractivity contribution in [2.45, 2.75) is 25.9 Å². The number of anilines is 1. The van der Waals surface area contributed by atoms with Gasteiger partial charge in [-0.25, -0.2) is 4.98 Å². The van der Waals surface area contributed by atoms with Gasteiger partial charge in [0, 0.05) is 23.2 Å². The number of rotatable bonds is 8. The lowest BCUT2D eigenvalue weighted by atomic mass is 10.1. The van der Waals surface area contributed by atoms with E-state index in [1.54, 1.807) is 11.3 Å². The third-order valence-corrected chi connectivity index (χ3v) is 6.02. The molecule has 1 atom stereocenters. The van der Waals surface area contributed by atoms with E-state index in [0.717, 1.165) is 33.9 Å². The second kappa shape index (κ2) is 10.2. The van der Waals surface area contributed by atoms with Gasteiger partial charge in [0.15, 0.2) is 0 Å². The van der Waals surface area contributed by atoms with Crippen LogP contribution in [0.15, 0.2) is 90.3 Å². The smallest absolute Gasteiger partial charge is 0.246 e. The molecule has 0 aliphatic heterocycles. The molecule has 0 radical (unpaired) electrons. The van der Waals surface area contributed by atoms with Crippen molar-refractivity contribution in [3.8, 4) is 10.6 Å². The van der Waals surface area contributed by atoms with Gasteiger partial charge in [0.25, 0.3) is 0 Å². The van der Waals surface area contributed by atoms with E-state index in [2.05, 4.69) is 41.8 Å². The topological polar surface area (TPSA) is 54.0 Å². The van der Waals surface area contributed by atoms with Crippen molar-refractivity contribution in [1.29, 1.82) is 0 Å². The number of benzene rings is 3. The molecule has 0 aliphatic rings. The zero-order valence-electron chi connectivity index (χ0n) is 17.4. The first kappa shape index (κ1) is 21.0. The maximum Gasteiger partial charge on any atom is 0.246 e. The van der Waals surface area contributed by atoms with Crippen LogP contribution in [0.3, 0.4) is 0 Å². The molecule has 156 valence electrons. The van der Waals surface area contributed by atoms with E-state index in [1.165, 1.54) is 5.56 Å². The fourth-order valence-corrected chi connectivity index (χ4v) is 4.18. The minimum atomic E-state index is -0.476. The molecule has 0 fully saturated rings. The Hall–Kier alpha value is -3.28. The number of nitrogens with one attached hydrogen (secondary N) is 2. The Morgan fingerprint density at radius 2 is 1.61 bits per heavy atom. The van der Waals surface area contributed by atoms with Crippen molar-refractivity contribution in [2.75, 3.05) is 5.32 Å². The van der Waals surface area contributed by atoms with Crippen molar-refractivity contribution in [3.63, 3.8) is 0 Å². The first-order valence-corrected chi connectivity index (χ1v) is 11.3. The van der Waals surface area contributed by atoms with Crippen LogP contribution in [-0.2, 0) is 17.8 Å². The van der Waals surface area contributed by atoms with E-state index in [4.69, 9.17) is 4.98 Å². The van der Waals surface area contributed by atoms with Crippen LogP contribution >= 0.6 is 11.3 Å². The lowest BCUT2D eigenvalue weighted by Gasteiger charge is -2.18. The van der Waals surface area contributed by atoms with Gasteiger partial charge >= 0.3 is 0 Å². The minimum absolute atomic E-state index is 0.0944. The normalized spacial score (nSPS) is 11.8. The Morgan fingerprint density at radius 3 is 2.29 bits per heavy atom. The number of thiazole rings is 1. The second-order valence-electron chi connectivity index (χ2n) is 7.27. The zero-order valence-corrected chi connectivity index (χ0v) is 18.2. The summed E-state index contributed by atoms with van der Waals surface area (Å²) in [5.41, 5.74) is 5.06. The fourth-order valence-electron chi connectivity index (χ4n) is 3.35. The van der Waals surface area contributed by atoms with Gasteiger partial charge in [-0.3, -0.25) is 10.1 Å². The van der Waals surface area contributed by atoms with E-state index in [1.807, 2.05) is 66.0 Å². The summed E-state index contributed by atoms with van der Waals surface area (Å²) in [5.74, 6) is -0.0944. The second-order valence-corrected chi connectivity index (χ2v) is 8.13. The number of carbonyl (C=O) groups excluding carboxylic acids is 1. The van der Waals surface area contributed by atoms with Gasteiger partial charge in [0.1, 0.15) is 11.0 Å². The lowest BCUT2D eigenvalue weighted by Crippen LogP contribution is -2.32. The third kappa shape index (κ3) is 5.45. The quantitative estimate of drug-likeness (QED) is 0.371. The van der Waals surface area contributed by atoms with Crippen molar-refractivity contribution in [1.82, 2.24) is 10.3 Å². The lowest BCUT2D eigenvalue weighted by molar-refractivity contribution is -0.118. The predicted molar refractivity (Wildman–Crippen MR) is 128 cm³/mol. The maximum absolute atomic E-state index is 13.0. The average Bonchev–Trinajstić information content (AvgIpc) is 3.30. The number of carbonyl (C=O) groups is 1. The molecule has 3 aromatic carbocycles. The van der Waals surface area contributed by atoms with E-state index in [-0.39, 0.29) is 5.91 Å². The van der Waals surface area contributed by atoms with Gasteiger partial charge in [-0.15, -0.1) is 11.3 Å². The molecule has 0 saturated carbocycles. The van der Waals surface area contributed by atoms with Crippen LogP contribution in [0, 0.1) is 0 Å². The largest absolute Gasteiger partial charge is 0.324 e. The Balaban J connectivity index is 1.47. The number of amides is 1. The molecule has 1 amide bonds. The van der Waals surface area contributed by atoms with Gasteiger partial charge < -0.3 is 5.32 Å². The molecule has 31 heavy (non-hydrogen) atoms. The molecule has 0 unspecified atom stereocenters. The monoisotopic (exact) mass is 427 g/mol. The summed E-state index contributed by atoms with van der Waals surface area (Å²) in [6.07, 6.45) is 1.03. The number of hydrogen-bond acceptors (Lipinski definition) is 4. The molecule has 0 aliphatic carbocycles. The van der Waals surface area contributed by atoms with Crippen LogP contribution < -0.4 is 10.6 Å². The highest BCUT2D eigenvalue weighted by molar-refractivity contribution is 7.13. The number of aryl methyl sites for hydroxylation is 1. The van der Waals surface area contributed by atoms with Gasteiger partial charge in [-0.05, 0) is 29.7 Å². The molecule has 0 saturated heterocycles. The molecule has 0 bridgehead atoms. The van der Waals surface area contributed by atoms with E-state index in [9.17, 15) is 4.79 Å². The third-order valence-electron chi connectivity index (χ3n) is 5.08. The number of nitrogens with zero attached hydrogens (tertiary/aromatic N) is 1. The summed E-state index contributed by atoms with van der Waals surface area (Å²) in [6, 6.07) is 27.3. The minimum Gasteiger partial charge on any atom is -0.324 e. The highest BCUT2D eigenvalue weighted by atomic mass is 32.1. The van der Waals surface area contributed by atoms with Gasteiger partial charge in [-0.2, -0.15) is 0 Å². The summed E-state index contributed by atoms with van der Waals surface area (Å²) in [4.78, 5) is 17.8. The molecule has 4 nitrogen and oxygen atoms in total. The summed E-state index contributed by atoms with van der Waals surface area (Å²) in [5, 5.41) is 9.43. The molecule has 4 aromatic rings. The van der Waals surface area contributed by atoms with Crippen molar-refractivity contribution >= 4 is 22.9 Å². The van der Waals surface area contributed by atoms with Gasteiger partial charge in [0.05, 0.1) is 5.69 Å². The van der Waals surface area contributed by atoms with Crippen LogP contribution in [-0.4, -0.2) is 10.9 Å². The summed E-state index contributed by atoms with van der Waals surface area (Å²) in [6.45, 7) is 2.66. The summed E-state index contributed by atoms with van der Waals surface area (Å²) < 4.78 is 0. The molecular weight excluding hydrogens is 402 g/mol. The maximum atomic E-state index is 13.0. The number of aromatic nitrogens is 1. The molecule has 4 rings (SSSR count). The Morgan fingerprint density at radius 1 is 0.935 bits per heavy atom. The molecule has 5 heteroatoms. The fraction of sp³-hybridized carbons (Fsp3) is 0.154. The first-order chi connectivity index (χ1) is 15.2. The van der Waals surface area contributed by atoms with Crippen LogP contribution in [0.1, 0.15) is 29.8 Å². The highest BCUT2D eigenvalue weighted by Crippen LogP contribution is 2.25. The Kier molecular flexibility index (Phi) is 6.87. The zero-order chi connectivity index (χ0) is 21.5. The van der Waals surface area contributed by atoms with E-state index >= 15 is 0 Å². The Bertz CT molecular complexity index is 1110. The standard InChI is InChI=1S/C26H25N3OS/c1-2-19-13-15-21(16-14-19)26-29-23(18-31-26)17-27-24(20-9-5-3-6-10-20)25(30)28-22-11-7-4-8-12-22/h3-16,18,24,27H,2,17H2,1H3,(H,28,30)/t24-/m0/s1. The number of para-hydroxylation sites is 1. The molecule has 0 spiro atoms. The van der Waals surface area contributed by atoms with Crippen LogP contribution in [0.4, 0.5) is 5.69 Å². The van der Waals surface area contributed by atoms with Crippen LogP contribution in [0.5, 0.6) is 0 Å². The molecule has 1 heterocycles. The van der Waals surface area contributed by atoms with Crippen molar-refractivity contribution < 1.29 is 4.79 Å². The van der Waals surface area contributed by atoms with Crippen LogP contribution in [0.2, 0.25) is 0 Å². The van der Waals surface area contributed by atoms with Gasteiger partial charge in [-0.1, -0.05) is 79.7 Å². The highest BCUT2D eigenvalue weighted by Gasteiger charge is 2.20. The summed E-state index contributed by atoms with van der Waals surface area (Å²) >= 11 is 1.62. The number of hydrogen-bond donors (Lipinski definition) is 2. The SMILES string of the molecule is CCc1ccc(-c2nc(CN[C@H](C(=O)Nc3ccccc3)c3ccccc3)cs2)cc1. The van der Waals surface area contributed by atoms with E-state index in [0.29, 0.717) is 6.54 Å². The molecular formula is C26H25N3OS. The summed E-state index contributed by atoms with van der Waals surface area (Å²) in [7, 11) is 0. The molecule has 2 N–H and O–H groups in total. The molecule has 1 aromatic heterocycles. The average molecular weight is 428 g/mol. The van der Waals surface area contributed by atoms with E-state index < -0.39 is 6.04 Å². The Labute approximate surface area is 187 Å². The first-order valence-electron chi connectivity index (χ1n) is 10.4.